The first-order chi connectivity index (χ1) is 10.2. The second-order valence-corrected chi connectivity index (χ2v) is 6.04. The number of ether oxygens (including phenoxy) is 1. The number of benzene rings is 1. The number of phenolic OH excluding ortho intramolecular Hbond substituents is 1. The van der Waals surface area contributed by atoms with E-state index in [2.05, 4.69) is 22.2 Å². The van der Waals surface area contributed by atoms with E-state index in [4.69, 9.17) is 4.74 Å². The summed E-state index contributed by atoms with van der Waals surface area (Å²) in [6.07, 6.45) is 1.16. The maximum Gasteiger partial charge on any atom is 0.127 e. The number of hydrogen-bond donors (Lipinski definition) is 2. The molecule has 2 heterocycles. The highest BCUT2D eigenvalue weighted by molar-refractivity contribution is 5.44. The van der Waals surface area contributed by atoms with Gasteiger partial charge in [0.1, 0.15) is 18.1 Å². The summed E-state index contributed by atoms with van der Waals surface area (Å²) in [7, 11) is 2.19. The van der Waals surface area contributed by atoms with Crippen molar-refractivity contribution in [3.63, 3.8) is 0 Å². The zero-order valence-electron chi connectivity index (χ0n) is 12.7. The highest BCUT2D eigenvalue weighted by Crippen LogP contribution is 2.34. The Morgan fingerprint density at radius 2 is 2.10 bits per heavy atom. The van der Waals surface area contributed by atoms with Crippen LogP contribution in [0.5, 0.6) is 11.5 Å². The number of phenols is 1. The second kappa shape index (κ2) is 6.64. The number of hydrogen-bond acceptors (Lipinski definition) is 5. The minimum absolute atomic E-state index is 0.257. The molecule has 0 bridgehead atoms. The van der Waals surface area contributed by atoms with Crippen molar-refractivity contribution in [1.29, 1.82) is 0 Å². The molecule has 0 saturated carbocycles. The first-order valence-corrected chi connectivity index (χ1v) is 7.82. The molecule has 2 aliphatic heterocycles. The van der Waals surface area contributed by atoms with Crippen molar-refractivity contribution in [2.24, 2.45) is 0 Å². The molecule has 1 saturated heterocycles. The summed E-state index contributed by atoms with van der Waals surface area (Å²) in [5, 5.41) is 13.0. The first-order valence-electron chi connectivity index (χ1n) is 7.82. The summed E-state index contributed by atoms with van der Waals surface area (Å²) in [4.78, 5) is 4.93. The predicted molar refractivity (Wildman–Crippen MR) is 82.9 cm³/mol. The van der Waals surface area contributed by atoms with Crippen LogP contribution >= 0.6 is 0 Å². The average molecular weight is 291 g/mol. The van der Waals surface area contributed by atoms with Gasteiger partial charge in [-0.1, -0.05) is 0 Å². The lowest BCUT2D eigenvalue weighted by molar-refractivity contribution is 0.152. The Hall–Kier alpha value is -1.30. The molecular weight excluding hydrogens is 266 g/mol. The standard InChI is InChI=1S/C16H25N3O2/c1-18-7-9-19(10-8-18)6-2-5-17-15-12-21-16-11-13(20)3-4-14(15)16/h3-4,11,15,17,20H,2,5-10,12H2,1H3. The Labute approximate surface area is 126 Å². The Kier molecular flexibility index (Phi) is 4.63. The summed E-state index contributed by atoms with van der Waals surface area (Å²) in [6, 6.07) is 5.64. The third kappa shape index (κ3) is 3.67. The van der Waals surface area contributed by atoms with Gasteiger partial charge < -0.3 is 25.0 Å². The molecule has 5 heteroatoms. The highest BCUT2D eigenvalue weighted by Gasteiger charge is 2.23. The summed E-state index contributed by atoms with van der Waals surface area (Å²) in [5.74, 6) is 1.08. The maximum absolute atomic E-state index is 9.45. The molecule has 1 unspecified atom stereocenters. The van der Waals surface area contributed by atoms with Crippen LogP contribution in [0.1, 0.15) is 18.0 Å². The number of aromatic hydroxyl groups is 1. The van der Waals surface area contributed by atoms with Gasteiger partial charge >= 0.3 is 0 Å². The van der Waals surface area contributed by atoms with Gasteiger partial charge in [0.05, 0.1) is 6.04 Å². The number of piperazine rings is 1. The Balaban J connectivity index is 1.39. The summed E-state index contributed by atoms with van der Waals surface area (Å²) >= 11 is 0. The van der Waals surface area contributed by atoms with Gasteiger partial charge in [0.25, 0.3) is 0 Å². The molecule has 21 heavy (non-hydrogen) atoms. The van der Waals surface area contributed by atoms with Crippen molar-refractivity contribution in [2.75, 3.05) is 52.9 Å². The number of rotatable bonds is 5. The average Bonchev–Trinajstić information content (AvgIpc) is 2.87. The van der Waals surface area contributed by atoms with E-state index in [0.29, 0.717) is 6.61 Å². The van der Waals surface area contributed by atoms with Crippen LogP contribution in [0.15, 0.2) is 18.2 Å². The lowest BCUT2D eigenvalue weighted by Crippen LogP contribution is -2.45. The second-order valence-electron chi connectivity index (χ2n) is 6.04. The summed E-state index contributed by atoms with van der Waals surface area (Å²) < 4.78 is 5.61. The van der Waals surface area contributed by atoms with Crippen molar-refractivity contribution < 1.29 is 9.84 Å². The quantitative estimate of drug-likeness (QED) is 0.794. The van der Waals surface area contributed by atoms with Crippen molar-refractivity contribution in [2.45, 2.75) is 12.5 Å². The molecule has 5 nitrogen and oxygen atoms in total. The number of fused-ring (bicyclic) bond motifs is 1. The van der Waals surface area contributed by atoms with Crippen molar-refractivity contribution in [3.05, 3.63) is 23.8 Å². The Morgan fingerprint density at radius 3 is 2.90 bits per heavy atom. The topological polar surface area (TPSA) is 48.0 Å². The molecule has 0 aliphatic carbocycles. The van der Waals surface area contributed by atoms with Crippen molar-refractivity contribution in [3.8, 4) is 11.5 Å². The molecule has 0 radical (unpaired) electrons. The molecule has 116 valence electrons. The zero-order chi connectivity index (χ0) is 14.7. The first kappa shape index (κ1) is 14.6. The van der Waals surface area contributed by atoms with E-state index >= 15 is 0 Å². The lowest BCUT2D eigenvalue weighted by Gasteiger charge is -2.32. The van der Waals surface area contributed by atoms with E-state index in [1.54, 1.807) is 12.1 Å². The van der Waals surface area contributed by atoms with Crippen LogP contribution in [-0.4, -0.2) is 67.8 Å². The third-order valence-corrected chi connectivity index (χ3v) is 4.42. The maximum atomic E-state index is 9.45. The monoisotopic (exact) mass is 291 g/mol. The van der Waals surface area contributed by atoms with Crippen LogP contribution in [0.2, 0.25) is 0 Å². The van der Waals surface area contributed by atoms with E-state index < -0.39 is 0 Å². The van der Waals surface area contributed by atoms with Gasteiger partial charge in [-0.15, -0.1) is 0 Å². The molecule has 1 aromatic carbocycles. The fraction of sp³-hybridized carbons (Fsp3) is 0.625. The van der Waals surface area contributed by atoms with E-state index in [0.717, 1.165) is 30.8 Å². The lowest BCUT2D eigenvalue weighted by atomic mass is 10.1. The molecule has 1 aromatic rings. The van der Waals surface area contributed by atoms with Crippen LogP contribution in [-0.2, 0) is 0 Å². The number of likely N-dealkylation sites (N-methyl/N-ethyl adjacent to an activating group) is 1. The minimum atomic E-state index is 0.257. The van der Waals surface area contributed by atoms with Crippen LogP contribution < -0.4 is 10.1 Å². The van der Waals surface area contributed by atoms with Crippen LogP contribution in [0.4, 0.5) is 0 Å². The van der Waals surface area contributed by atoms with Gasteiger partial charge in [-0.3, -0.25) is 0 Å². The van der Waals surface area contributed by atoms with E-state index in [1.165, 1.54) is 26.2 Å². The molecule has 0 spiro atoms. The van der Waals surface area contributed by atoms with Crippen LogP contribution in [0.25, 0.3) is 0 Å². The van der Waals surface area contributed by atoms with Gasteiger partial charge in [0, 0.05) is 37.8 Å². The van der Waals surface area contributed by atoms with E-state index in [-0.39, 0.29) is 11.8 Å². The molecule has 0 aromatic heterocycles. The normalized spacial score (nSPS) is 23.0. The third-order valence-electron chi connectivity index (χ3n) is 4.42. The number of nitrogens with one attached hydrogen (secondary N) is 1. The van der Waals surface area contributed by atoms with Crippen molar-refractivity contribution >= 4 is 0 Å². The fourth-order valence-electron chi connectivity index (χ4n) is 3.02. The van der Waals surface area contributed by atoms with Gasteiger partial charge in [-0.05, 0) is 38.7 Å². The van der Waals surface area contributed by atoms with Gasteiger partial charge in [-0.2, -0.15) is 0 Å². The SMILES string of the molecule is CN1CCN(CCCNC2COc3cc(O)ccc32)CC1. The molecule has 3 rings (SSSR count). The fourth-order valence-corrected chi connectivity index (χ4v) is 3.02. The predicted octanol–water partition coefficient (Wildman–Crippen LogP) is 1.05. The van der Waals surface area contributed by atoms with Gasteiger partial charge in [-0.25, -0.2) is 0 Å². The molecule has 2 aliphatic rings. The molecule has 2 N–H and O–H groups in total. The molecule has 1 atom stereocenters. The summed E-state index contributed by atoms with van der Waals surface area (Å²) in [5.41, 5.74) is 1.16. The van der Waals surface area contributed by atoms with Gasteiger partial charge in [0.2, 0.25) is 0 Å². The van der Waals surface area contributed by atoms with Crippen molar-refractivity contribution in [1.82, 2.24) is 15.1 Å². The molecule has 0 amide bonds. The number of nitrogens with zero attached hydrogens (tertiary/aromatic N) is 2. The van der Waals surface area contributed by atoms with E-state index in [1.807, 2.05) is 6.07 Å². The minimum Gasteiger partial charge on any atom is -0.508 e. The zero-order valence-corrected chi connectivity index (χ0v) is 12.7. The van der Waals surface area contributed by atoms with Crippen LogP contribution in [0.3, 0.4) is 0 Å². The largest absolute Gasteiger partial charge is 0.508 e. The van der Waals surface area contributed by atoms with Gasteiger partial charge in [0.15, 0.2) is 0 Å². The van der Waals surface area contributed by atoms with Crippen LogP contribution in [0, 0.1) is 0 Å². The summed E-state index contributed by atoms with van der Waals surface area (Å²) in [6.45, 7) is 7.56. The molecular formula is C16H25N3O2. The Bertz CT molecular complexity index is 473. The molecule has 1 fully saturated rings. The highest BCUT2D eigenvalue weighted by atomic mass is 16.5. The Morgan fingerprint density at radius 1 is 1.29 bits per heavy atom. The smallest absolute Gasteiger partial charge is 0.127 e. The van der Waals surface area contributed by atoms with E-state index in [9.17, 15) is 5.11 Å².